The first-order valence-electron chi connectivity index (χ1n) is 5.92. The zero-order chi connectivity index (χ0) is 13.2. The molecule has 0 saturated carbocycles. The molecule has 0 amide bonds. The molecule has 1 aliphatic heterocycles. The van der Waals surface area contributed by atoms with E-state index in [9.17, 15) is 8.42 Å². The Kier molecular flexibility index (Phi) is 3.89. The van der Waals surface area contributed by atoms with Gasteiger partial charge in [0.2, 0.25) is 0 Å². The predicted octanol–water partition coefficient (Wildman–Crippen LogP) is 1.29. The Bertz CT molecular complexity index is 522. The van der Waals surface area contributed by atoms with Gasteiger partial charge in [-0.2, -0.15) is 12.7 Å². The third kappa shape index (κ3) is 2.82. The molecule has 0 atom stereocenters. The van der Waals surface area contributed by atoms with Gasteiger partial charge in [0.05, 0.1) is 18.9 Å². The van der Waals surface area contributed by atoms with Crippen molar-refractivity contribution >= 4 is 15.9 Å². The Labute approximate surface area is 108 Å². The van der Waals surface area contributed by atoms with Crippen LogP contribution < -0.4 is 4.72 Å². The van der Waals surface area contributed by atoms with Crippen LogP contribution in [0.2, 0.25) is 0 Å². The maximum Gasteiger partial charge on any atom is 0.301 e. The van der Waals surface area contributed by atoms with Crippen molar-refractivity contribution < 1.29 is 13.2 Å². The summed E-state index contributed by atoms with van der Waals surface area (Å²) in [6.07, 6.45) is 0. The van der Waals surface area contributed by atoms with Gasteiger partial charge in [-0.3, -0.25) is 4.72 Å². The standard InChI is InChI=1S/C12H18N2O3S/c1-10-4-3-5-12(11(10)2)13-18(15,16)14-6-8-17-9-7-14/h3-5,13H,6-9H2,1-2H3. The van der Waals surface area contributed by atoms with Crippen molar-refractivity contribution in [3.05, 3.63) is 29.3 Å². The number of nitrogens with one attached hydrogen (secondary N) is 1. The number of rotatable bonds is 3. The van der Waals surface area contributed by atoms with Crippen molar-refractivity contribution in [3.63, 3.8) is 0 Å². The van der Waals surface area contributed by atoms with Gasteiger partial charge in [0.1, 0.15) is 0 Å². The smallest absolute Gasteiger partial charge is 0.301 e. The number of hydrogen-bond acceptors (Lipinski definition) is 3. The molecule has 6 heteroatoms. The van der Waals surface area contributed by atoms with Gasteiger partial charge in [0, 0.05) is 13.1 Å². The van der Waals surface area contributed by atoms with Crippen molar-refractivity contribution in [1.82, 2.24) is 4.31 Å². The number of aryl methyl sites for hydroxylation is 1. The van der Waals surface area contributed by atoms with Crippen LogP contribution >= 0.6 is 0 Å². The highest BCUT2D eigenvalue weighted by atomic mass is 32.2. The average Bonchev–Trinajstić information content (AvgIpc) is 2.36. The molecule has 0 aliphatic carbocycles. The van der Waals surface area contributed by atoms with Crippen LogP contribution in [0, 0.1) is 13.8 Å². The molecule has 1 aromatic carbocycles. The molecule has 0 aromatic heterocycles. The fraction of sp³-hybridized carbons (Fsp3) is 0.500. The Balaban J connectivity index is 2.19. The second-order valence-electron chi connectivity index (χ2n) is 4.37. The third-order valence-electron chi connectivity index (χ3n) is 3.15. The van der Waals surface area contributed by atoms with Gasteiger partial charge in [-0.05, 0) is 31.0 Å². The molecule has 5 nitrogen and oxygen atoms in total. The summed E-state index contributed by atoms with van der Waals surface area (Å²) in [7, 11) is -3.47. The number of benzene rings is 1. The fourth-order valence-electron chi connectivity index (χ4n) is 1.85. The fourth-order valence-corrected chi connectivity index (χ4v) is 3.11. The highest BCUT2D eigenvalue weighted by molar-refractivity contribution is 7.90. The van der Waals surface area contributed by atoms with E-state index in [1.165, 1.54) is 4.31 Å². The first kappa shape index (κ1) is 13.3. The lowest BCUT2D eigenvalue weighted by molar-refractivity contribution is 0.0733. The molecule has 0 spiro atoms. The molecule has 1 saturated heterocycles. The van der Waals surface area contributed by atoms with Gasteiger partial charge in [-0.25, -0.2) is 0 Å². The van der Waals surface area contributed by atoms with Crippen molar-refractivity contribution in [1.29, 1.82) is 0 Å². The van der Waals surface area contributed by atoms with Crippen LogP contribution in [0.4, 0.5) is 5.69 Å². The van der Waals surface area contributed by atoms with Crippen molar-refractivity contribution in [2.24, 2.45) is 0 Å². The summed E-state index contributed by atoms with van der Waals surface area (Å²) >= 11 is 0. The van der Waals surface area contributed by atoms with E-state index >= 15 is 0 Å². The van der Waals surface area contributed by atoms with E-state index in [1.54, 1.807) is 6.07 Å². The molecule has 1 fully saturated rings. The maximum atomic E-state index is 12.2. The average molecular weight is 270 g/mol. The molecule has 1 aromatic rings. The first-order chi connectivity index (χ1) is 8.50. The molecule has 0 bridgehead atoms. The summed E-state index contributed by atoms with van der Waals surface area (Å²) in [4.78, 5) is 0. The minimum absolute atomic E-state index is 0.403. The van der Waals surface area contributed by atoms with Crippen LogP contribution in [0.5, 0.6) is 0 Å². The topological polar surface area (TPSA) is 58.6 Å². The summed E-state index contributed by atoms with van der Waals surface area (Å²) in [6, 6.07) is 5.59. The Morgan fingerprint density at radius 2 is 1.89 bits per heavy atom. The highest BCUT2D eigenvalue weighted by Crippen LogP contribution is 2.20. The zero-order valence-electron chi connectivity index (χ0n) is 10.6. The summed E-state index contributed by atoms with van der Waals surface area (Å²) in [5.74, 6) is 0. The lowest BCUT2D eigenvalue weighted by Crippen LogP contribution is -2.43. The second kappa shape index (κ2) is 5.26. The SMILES string of the molecule is Cc1cccc(NS(=O)(=O)N2CCOCC2)c1C. The Morgan fingerprint density at radius 3 is 2.56 bits per heavy atom. The minimum Gasteiger partial charge on any atom is -0.379 e. The summed E-state index contributed by atoms with van der Waals surface area (Å²) < 4.78 is 33.6. The second-order valence-corrected chi connectivity index (χ2v) is 6.04. The first-order valence-corrected chi connectivity index (χ1v) is 7.36. The van der Waals surface area contributed by atoms with E-state index in [2.05, 4.69) is 4.72 Å². The molecule has 0 unspecified atom stereocenters. The van der Waals surface area contributed by atoms with Crippen LogP contribution in [0.25, 0.3) is 0 Å². The van der Waals surface area contributed by atoms with E-state index in [0.29, 0.717) is 32.0 Å². The Morgan fingerprint density at radius 1 is 1.22 bits per heavy atom. The predicted molar refractivity (Wildman–Crippen MR) is 70.9 cm³/mol. The monoisotopic (exact) mass is 270 g/mol. The Hall–Kier alpha value is -1.11. The molecule has 100 valence electrons. The van der Waals surface area contributed by atoms with Crippen molar-refractivity contribution in [3.8, 4) is 0 Å². The number of anilines is 1. The van der Waals surface area contributed by atoms with Gasteiger partial charge in [0.15, 0.2) is 0 Å². The normalized spacial score (nSPS) is 17.7. The van der Waals surface area contributed by atoms with Gasteiger partial charge in [-0.15, -0.1) is 0 Å². The van der Waals surface area contributed by atoms with E-state index < -0.39 is 10.2 Å². The lowest BCUT2D eigenvalue weighted by Gasteiger charge is -2.26. The molecule has 1 heterocycles. The summed E-state index contributed by atoms with van der Waals surface area (Å²) in [5.41, 5.74) is 2.66. The number of hydrogen-bond donors (Lipinski definition) is 1. The third-order valence-corrected chi connectivity index (χ3v) is 4.68. The molecular formula is C12H18N2O3S. The number of ether oxygens (including phenoxy) is 1. The molecule has 18 heavy (non-hydrogen) atoms. The summed E-state index contributed by atoms with van der Waals surface area (Å²) in [6.45, 7) is 5.58. The van der Waals surface area contributed by atoms with E-state index in [4.69, 9.17) is 4.74 Å². The van der Waals surface area contributed by atoms with Gasteiger partial charge in [0.25, 0.3) is 0 Å². The van der Waals surface area contributed by atoms with E-state index in [1.807, 2.05) is 26.0 Å². The molecule has 0 radical (unpaired) electrons. The maximum absolute atomic E-state index is 12.2. The zero-order valence-corrected chi connectivity index (χ0v) is 11.5. The molecular weight excluding hydrogens is 252 g/mol. The molecule has 1 aliphatic rings. The van der Waals surface area contributed by atoms with Crippen LogP contribution in [0.1, 0.15) is 11.1 Å². The summed E-state index contributed by atoms with van der Waals surface area (Å²) in [5, 5.41) is 0. The van der Waals surface area contributed by atoms with Gasteiger partial charge < -0.3 is 4.74 Å². The number of nitrogens with zero attached hydrogens (tertiary/aromatic N) is 1. The van der Waals surface area contributed by atoms with Crippen LogP contribution in [0.3, 0.4) is 0 Å². The highest BCUT2D eigenvalue weighted by Gasteiger charge is 2.24. The molecule has 1 N–H and O–H groups in total. The van der Waals surface area contributed by atoms with Crippen LogP contribution in [-0.4, -0.2) is 39.0 Å². The number of morpholine rings is 1. The largest absolute Gasteiger partial charge is 0.379 e. The minimum atomic E-state index is -3.47. The van der Waals surface area contributed by atoms with Gasteiger partial charge in [-0.1, -0.05) is 12.1 Å². The van der Waals surface area contributed by atoms with Crippen LogP contribution in [0.15, 0.2) is 18.2 Å². The van der Waals surface area contributed by atoms with Crippen LogP contribution in [-0.2, 0) is 14.9 Å². The lowest BCUT2D eigenvalue weighted by atomic mass is 10.1. The van der Waals surface area contributed by atoms with Crippen molar-refractivity contribution in [2.45, 2.75) is 13.8 Å². The van der Waals surface area contributed by atoms with E-state index in [0.717, 1.165) is 11.1 Å². The molecule has 2 rings (SSSR count). The quantitative estimate of drug-likeness (QED) is 0.900. The van der Waals surface area contributed by atoms with E-state index in [-0.39, 0.29) is 0 Å². The van der Waals surface area contributed by atoms with Crippen molar-refractivity contribution in [2.75, 3.05) is 31.0 Å². The van der Waals surface area contributed by atoms with Gasteiger partial charge >= 0.3 is 10.2 Å².